The number of benzene rings is 3. The second kappa shape index (κ2) is 8.73. The number of aromatic nitrogens is 3. The molecule has 6 rings (SSSR count). The second-order valence-corrected chi connectivity index (χ2v) is 10.3. The van der Waals surface area contributed by atoms with Crippen molar-refractivity contribution in [2.75, 3.05) is 5.32 Å². The Labute approximate surface area is 203 Å². The lowest BCUT2D eigenvalue weighted by atomic mass is 10.0. The van der Waals surface area contributed by atoms with Gasteiger partial charge < -0.3 is 10.3 Å². The quantitative estimate of drug-likeness (QED) is 0.258. The van der Waals surface area contributed by atoms with Gasteiger partial charge >= 0.3 is 0 Å². The fraction of sp³-hybridized carbons (Fsp3) is 0.160. The van der Waals surface area contributed by atoms with Gasteiger partial charge in [-0.1, -0.05) is 47.7 Å². The molecule has 5 aromatic rings. The van der Waals surface area contributed by atoms with Crippen LogP contribution in [0.3, 0.4) is 0 Å². The number of hydrogen-bond donors (Lipinski definition) is 3. The summed E-state index contributed by atoms with van der Waals surface area (Å²) in [6.45, 7) is 0. The topological polar surface area (TPSA) is 82.7 Å². The summed E-state index contributed by atoms with van der Waals surface area (Å²) in [5, 5.41) is 4.11. The lowest BCUT2D eigenvalue weighted by Gasteiger charge is -2.17. The van der Waals surface area contributed by atoms with Crippen molar-refractivity contribution in [2.45, 2.75) is 24.1 Å². The maximum absolute atomic E-state index is 15.0. The van der Waals surface area contributed by atoms with Crippen molar-refractivity contribution in [3.63, 3.8) is 0 Å². The molecule has 3 heterocycles. The van der Waals surface area contributed by atoms with Crippen LogP contribution in [0, 0.1) is 5.82 Å². The first-order chi connectivity index (χ1) is 16.6. The molecule has 1 saturated heterocycles. The monoisotopic (exact) mass is 489 g/mol. The number of amides is 1. The largest absolute Gasteiger partial charge is 0.351 e. The molecule has 0 spiro atoms. The Bertz CT molecular complexity index is 1450. The normalized spacial score (nSPS) is 16.7. The smallest absolute Gasteiger partial charge is 0.231 e. The van der Waals surface area contributed by atoms with E-state index in [1.807, 2.05) is 54.6 Å². The molecule has 1 amide bonds. The maximum Gasteiger partial charge on any atom is 0.231 e. The van der Waals surface area contributed by atoms with Crippen LogP contribution in [0.4, 0.5) is 9.52 Å². The number of carbonyl (C=O) groups excluding carboxylic acids is 1. The van der Waals surface area contributed by atoms with Crippen molar-refractivity contribution < 1.29 is 9.18 Å². The predicted octanol–water partition coefficient (Wildman–Crippen LogP) is 5.92. The summed E-state index contributed by atoms with van der Waals surface area (Å²) in [6, 6.07) is 20.9. The molecule has 3 aromatic carbocycles. The fourth-order valence-corrected chi connectivity index (χ4v) is 6.02. The van der Waals surface area contributed by atoms with Gasteiger partial charge in [-0.05, 0) is 54.3 Å². The molecule has 0 aliphatic carbocycles. The van der Waals surface area contributed by atoms with Crippen molar-refractivity contribution >= 4 is 55.6 Å². The van der Waals surface area contributed by atoms with Gasteiger partial charge in [0.05, 0.1) is 32.5 Å². The number of para-hydroxylation sites is 3. The first kappa shape index (κ1) is 21.1. The molecule has 6 nitrogen and oxygen atoms in total. The minimum atomic E-state index is -0.296. The highest BCUT2D eigenvalue weighted by Crippen LogP contribution is 2.37. The van der Waals surface area contributed by atoms with E-state index in [0.29, 0.717) is 18.4 Å². The third kappa shape index (κ3) is 4.12. The van der Waals surface area contributed by atoms with Crippen LogP contribution < -0.4 is 10.0 Å². The number of imidazole rings is 1. The van der Waals surface area contributed by atoms with E-state index in [1.54, 1.807) is 23.5 Å². The van der Waals surface area contributed by atoms with Gasteiger partial charge in [-0.25, -0.2) is 14.4 Å². The van der Waals surface area contributed by atoms with Crippen LogP contribution in [0.1, 0.15) is 34.7 Å². The summed E-state index contributed by atoms with van der Waals surface area (Å²) < 4.78 is 18.8. The molecular formula is C25H20FN5OS2. The highest BCUT2D eigenvalue weighted by molar-refractivity contribution is 7.98. The fourth-order valence-electron chi connectivity index (χ4n) is 4.19. The Kier molecular flexibility index (Phi) is 5.43. The van der Waals surface area contributed by atoms with Crippen molar-refractivity contribution in [3.05, 3.63) is 89.5 Å². The third-order valence-corrected chi connectivity index (χ3v) is 7.88. The zero-order valence-corrected chi connectivity index (χ0v) is 19.5. The van der Waals surface area contributed by atoms with E-state index in [1.165, 1.54) is 11.9 Å². The molecule has 0 saturated carbocycles. The number of nitrogens with one attached hydrogen (secondary N) is 3. The Morgan fingerprint density at radius 1 is 1.06 bits per heavy atom. The van der Waals surface area contributed by atoms with E-state index in [4.69, 9.17) is 9.97 Å². The molecule has 34 heavy (non-hydrogen) atoms. The molecule has 170 valence electrons. The molecule has 0 radical (unpaired) electrons. The molecule has 1 aliphatic heterocycles. The molecule has 2 aromatic heterocycles. The van der Waals surface area contributed by atoms with Crippen molar-refractivity contribution in [1.29, 1.82) is 0 Å². The van der Waals surface area contributed by atoms with Crippen LogP contribution in [0.25, 0.3) is 21.3 Å². The van der Waals surface area contributed by atoms with Gasteiger partial charge in [0.15, 0.2) is 5.13 Å². The lowest BCUT2D eigenvalue weighted by Crippen LogP contribution is -2.15. The van der Waals surface area contributed by atoms with E-state index in [2.05, 4.69) is 15.0 Å². The van der Waals surface area contributed by atoms with Gasteiger partial charge in [0.25, 0.3) is 0 Å². The van der Waals surface area contributed by atoms with Crippen LogP contribution in [0.2, 0.25) is 0 Å². The van der Waals surface area contributed by atoms with Crippen LogP contribution >= 0.6 is 23.3 Å². The Morgan fingerprint density at radius 3 is 2.65 bits per heavy atom. The number of carbonyl (C=O) groups is 1. The molecule has 3 N–H and O–H groups in total. The second-order valence-electron chi connectivity index (χ2n) is 8.22. The molecule has 1 fully saturated rings. The predicted molar refractivity (Wildman–Crippen MR) is 135 cm³/mol. The summed E-state index contributed by atoms with van der Waals surface area (Å²) in [7, 11) is 0. The summed E-state index contributed by atoms with van der Waals surface area (Å²) in [4.78, 5) is 24.4. The van der Waals surface area contributed by atoms with Crippen LogP contribution in [-0.4, -0.2) is 20.9 Å². The van der Waals surface area contributed by atoms with Crippen LogP contribution in [0.5, 0.6) is 0 Å². The summed E-state index contributed by atoms with van der Waals surface area (Å²) in [5.41, 5.74) is 4.15. The number of rotatable bonds is 6. The van der Waals surface area contributed by atoms with E-state index >= 15 is 4.39 Å². The average molecular weight is 490 g/mol. The Morgan fingerprint density at radius 2 is 1.88 bits per heavy atom. The molecule has 1 unspecified atom stereocenters. The van der Waals surface area contributed by atoms with Gasteiger partial charge in [0.1, 0.15) is 11.6 Å². The van der Waals surface area contributed by atoms with E-state index in [9.17, 15) is 4.79 Å². The van der Waals surface area contributed by atoms with Crippen molar-refractivity contribution in [2.24, 2.45) is 0 Å². The number of fused-ring (bicyclic) bond motifs is 2. The number of nitrogens with zero attached hydrogens (tertiary/aromatic N) is 2. The van der Waals surface area contributed by atoms with Gasteiger partial charge in [-0.15, -0.1) is 0 Å². The zero-order valence-electron chi connectivity index (χ0n) is 17.9. The standard InChI is InChI=1S/C25H20FN5OS2/c26-16-11-14(9-10-15(16)22-13-23(32)31-34-22)12-20(24-27-17-5-1-2-6-18(17)28-24)30-25-29-19-7-3-4-8-21(19)33-25/h1-11,20,22H,12-13H2,(H,27,28)(H,29,30)(H,31,32)/t20-,22?/m0/s1. The Balaban J connectivity index is 1.32. The molecule has 0 bridgehead atoms. The van der Waals surface area contributed by atoms with E-state index in [0.717, 1.165) is 37.8 Å². The molecule has 9 heteroatoms. The van der Waals surface area contributed by atoms with Gasteiger partial charge in [-0.3, -0.25) is 9.52 Å². The first-order valence-corrected chi connectivity index (χ1v) is 12.6. The van der Waals surface area contributed by atoms with Gasteiger partial charge in [0, 0.05) is 12.0 Å². The summed E-state index contributed by atoms with van der Waals surface area (Å²) in [6.07, 6.45) is 0.809. The van der Waals surface area contributed by atoms with Crippen LogP contribution in [-0.2, 0) is 11.2 Å². The third-order valence-electron chi connectivity index (χ3n) is 5.87. The van der Waals surface area contributed by atoms with Gasteiger partial charge in [0.2, 0.25) is 5.91 Å². The average Bonchev–Trinajstić information content (AvgIpc) is 3.56. The number of thiazole rings is 1. The number of H-pyrrole nitrogens is 1. The summed E-state index contributed by atoms with van der Waals surface area (Å²) in [5.74, 6) is 0.407. The summed E-state index contributed by atoms with van der Waals surface area (Å²) >= 11 is 2.85. The van der Waals surface area contributed by atoms with Crippen LogP contribution in [0.15, 0.2) is 66.7 Å². The van der Waals surface area contributed by atoms with Crippen molar-refractivity contribution in [3.8, 4) is 0 Å². The highest BCUT2D eigenvalue weighted by Gasteiger charge is 2.27. The van der Waals surface area contributed by atoms with E-state index < -0.39 is 0 Å². The minimum Gasteiger partial charge on any atom is -0.351 e. The number of halogens is 1. The Hall–Kier alpha value is -3.43. The zero-order chi connectivity index (χ0) is 23.1. The SMILES string of the molecule is O=C1CC(c2ccc(C[C@H](Nc3nc4ccccc4s3)c3nc4ccccc4[nH]3)cc2F)SN1. The van der Waals surface area contributed by atoms with E-state index in [-0.39, 0.29) is 23.0 Å². The van der Waals surface area contributed by atoms with Gasteiger partial charge in [-0.2, -0.15) is 0 Å². The number of aromatic amines is 1. The maximum atomic E-state index is 15.0. The lowest BCUT2D eigenvalue weighted by molar-refractivity contribution is -0.118. The molecular weight excluding hydrogens is 469 g/mol. The molecule has 1 aliphatic rings. The number of anilines is 1. The van der Waals surface area contributed by atoms with Crippen molar-refractivity contribution in [1.82, 2.24) is 19.7 Å². The number of hydrogen-bond acceptors (Lipinski definition) is 6. The molecule has 2 atom stereocenters. The highest BCUT2D eigenvalue weighted by atomic mass is 32.2. The minimum absolute atomic E-state index is 0.0662. The first-order valence-electron chi connectivity index (χ1n) is 10.9.